The molecule has 4 aromatic rings. The van der Waals surface area contributed by atoms with Crippen molar-refractivity contribution in [1.82, 2.24) is 14.8 Å². The Bertz CT molecular complexity index is 975. The van der Waals surface area contributed by atoms with Crippen molar-refractivity contribution in [1.29, 1.82) is 0 Å². The van der Waals surface area contributed by atoms with Crippen LogP contribution in [0.15, 0.2) is 54.9 Å². The Hall–Kier alpha value is -3.08. The fourth-order valence-electron chi connectivity index (χ4n) is 2.51. The maximum Gasteiger partial charge on any atom is 0.162 e. The summed E-state index contributed by atoms with van der Waals surface area (Å²) in [4.78, 5) is 4.42. The monoisotopic (exact) mass is 276 g/mol. The topological polar surface area (TPSA) is 77.0 Å². The van der Waals surface area contributed by atoms with Crippen LogP contribution in [-0.4, -0.2) is 19.9 Å². The van der Waals surface area contributed by atoms with E-state index in [4.69, 9.17) is 5.73 Å². The van der Waals surface area contributed by atoms with E-state index in [0.29, 0.717) is 11.5 Å². The van der Waals surface area contributed by atoms with Gasteiger partial charge >= 0.3 is 0 Å². The van der Waals surface area contributed by atoms with Gasteiger partial charge in [-0.1, -0.05) is 6.07 Å². The average Bonchev–Trinajstić information content (AvgIpc) is 2.89. The fourth-order valence-corrected chi connectivity index (χ4v) is 2.51. The van der Waals surface area contributed by atoms with Crippen molar-refractivity contribution >= 4 is 27.4 Å². The van der Waals surface area contributed by atoms with Crippen LogP contribution in [0.5, 0.6) is 5.75 Å². The molecule has 0 spiro atoms. The summed E-state index contributed by atoms with van der Waals surface area (Å²) in [6.07, 6.45) is 3.51. The molecule has 0 unspecified atom stereocenters. The molecule has 0 aliphatic carbocycles. The zero-order valence-corrected chi connectivity index (χ0v) is 11.1. The number of fused-ring (bicyclic) bond motifs is 2. The molecule has 0 atom stereocenters. The number of benzene rings is 2. The largest absolute Gasteiger partial charge is 0.508 e. The van der Waals surface area contributed by atoms with E-state index in [2.05, 4.69) is 10.1 Å². The quantitative estimate of drug-likeness (QED) is 0.524. The van der Waals surface area contributed by atoms with E-state index in [1.54, 1.807) is 29.2 Å². The predicted molar refractivity (Wildman–Crippen MR) is 82.4 cm³/mol. The second-order valence-electron chi connectivity index (χ2n) is 4.91. The van der Waals surface area contributed by atoms with E-state index < -0.39 is 0 Å². The van der Waals surface area contributed by atoms with E-state index >= 15 is 0 Å². The highest BCUT2D eigenvalue weighted by Gasteiger charge is 2.10. The second kappa shape index (κ2) is 4.21. The van der Waals surface area contributed by atoms with E-state index in [1.807, 2.05) is 30.3 Å². The van der Waals surface area contributed by atoms with Gasteiger partial charge in [0.1, 0.15) is 5.75 Å². The van der Waals surface area contributed by atoms with Crippen LogP contribution in [0.4, 0.5) is 5.69 Å². The minimum absolute atomic E-state index is 0.202. The number of aromatic nitrogens is 3. The number of hydrogen-bond acceptors (Lipinski definition) is 4. The summed E-state index contributed by atoms with van der Waals surface area (Å²) in [6.45, 7) is 0. The molecule has 0 fully saturated rings. The molecule has 21 heavy (non-hydrogen) atoms. The first-order valence-corrected chi connectivity index (χ1v) is 6.54. The van der Waals surface area contributed by atoms with E-state index in [-0.39, 0.29) is 5.75 Å². The number of rotatable bonds is 1. The van der Waals surface area contributed by atoms with Crippen molar-refractivity contribution in [2.75, 3.05) is 5.73 Å². The van der Waals surface area contributed by atoms with Gasteiger partial charge in [0.25, 0.3) is 0 Å². The molecular weight excluding hydrogens is 264 g/mol. The third kappa shape index (κ3) is 1.79. The molecule has 0 saturated carbocycles. The third-order valence-electron chi connectivity index (χ3n) is 3.52. The number of nitrogens with zero attached hydrogens (tertiary/aromatic N) is 3. The van der Waals surface area contributed by atoms with E-state index in [0.717, 1.165) is 21.7 Å². The third-order valence-corrected chi connectivity index (χ3v) is 3.52. The van der Waals surface area contributed by atoms with Gasteiger partial charge in [-0.15, -0.1) is 0 Å². The van der Waals surface area contributed by atoms with Gasteiger partial charge < -0.3 is 10.8 Å². The summed E-state index contributed by atoms with van der Waals surface area (Å²) in [5.41, 5.74) is 7.43. The maximum atomic E-state index is 9.73. The zero-order valence-electron chi connectivity index (χ0n) is 11.1. The molecule has 0 amide bonds. The highest BCUT2D eigenvalue weighted by atomic mass is 16.3. The fraction of sp³-hybridized carbons (Fsp3) is 0. The number of phenolic OH excluding ortho intramolecular Hbond substituents is 1. The first-order chi connectivity index (χ1) is 10.2. The Morgan fingerprint density at radius 1 is 1.00 bits per heavy atom. The van der Waals surface area contributed by atoms with Gasteiger partial charge in [0, 0.05) is 22.7 Å². The lowest BCUT2D eigenvalue weighted by molar-refractivity contribution is 0.476. The molecule has 5 heteroatoms. The Morgan fingerprint density at radius 3 is 2.76 bits per heavy atom. The molecule has 2 aromatic carbocycles. The molecule has 4 rings (SSSR count). The smallest absolute Gasteiger partial charge is 0.162 e. The first-order valence-electron chi connectivity index (χ1n) is 6.54. The highest BCUT2D eigenvalue weighted by Crippen LogP contribution is 2.27. The van der Waals surface area contributed by atoms with Crippen LogP contribution >= 0.6 is 0 Å². The van der Waals surface area contributed by atoms with Crippen LogP contribution in [0.2, 0.25) is 0 Å². The number of pyridine rings is 1. The maximum absolute atomic E-state index is 9.73. The Kier molecular flexibility index (Phi) is 2.35. The minimum atomic E-state index is 0.202. The number of aromatic hydroxyl groups is 1. The van der Waals surface area contributed by atoms with Gasteiger partial charge in [-0.3, -0.25) is 0 Å². The molecular formula is C16H12N4O. The molecule has 2 heterocycles. The standard InChI is InChI=1S/C16H12N4O/c17-12-3-1-11-9-19-20(15(11)7-12)16-14-8-13(21)4-2-10(14)5-6-18-16/h1-9,21H,17H2. The molecule has 5 nitrogen and oxygen atoms in total. The van der Waals surface area contributed by atoms with Crippen LogP contribution in [0, 0.1) is 0 Å². The molecule has 0 saturated heterocycles. The Balaban J connectivity index is 2.09. The minimum Gasteiger partial charge on any atom is -0.508 e. The van der Waals surface area contributed by atoms with Crippen LogP contribution in [0.25, 0.3) is 27.5 Å². The van der Waals surface area contributed by atoms with Crippen molar-refractivity contribution in [3.63, 3.8) is 0 Å². The van der Waals surface area contributed by atoms with E-state index in [9.17, 15) is 5.11 Å². The van der Waals surface area contributed by atoms with Gasteiger partial charge in [-0.05, 0) is 41.8 Å². The molecule has 0 aliphatic rings. The molecule has 0 radical (unpaired) electrons. The second-order valence-corrected chi connectivity index (χ2v) is 4.91. The Morgan fingerprint density at radius 2 is 1.86 bits per heavy atom. The summed E-state index contributed by atoms with van der Waals surface area (Å²) in [5, 5.41) is 17.0. The van der Waals surface area contributed by atoms with Crippen LogP contribution in [0.3, 0.4) is 0 Å². The van der Waals surface area contributed by atoms with Crippen molar-refractivity contribution in [3.05, 3.63) is 54.9 Å². The SMILES string of the molecule is Nc1ccc2cnn(-c3nccc4ccc(O)cc34)c2c1. The first kappa shape index (κ1) is 11.7. The molecule has 2 aromatic heterocycles. The lowest BCUT2D eigenvalue weighted by atomic mass is 10.1. The Labute approximate surface area is 120 Å². The van der Waals surface area contributed by atoms with Gasteiger partial charge in [-0.25, -0.2) is 9.67 Å². The summed E-state index contributed by atoms with van der Waals surface area (Å²) in [7, 11) is 0. The number of nitrogen functional groups attached to an aromatic ring is 1. The van der Waals surface area contributed by atoms with Crippen molar-refractivity contribution in [3.8, 4) is 11.6 Å². The summed E-state index contributed by atoms with van der Waals surface area (Å²) >= 11 is 0. The highest BCUT2D eigenvalue weighted by molar-refractivity contribution is 5.92. The average molecular weight is 276 g/mol. The van der Waals surface area contributed by atoms with Gasteiger partial charge in [0.2, 0.25) is 0 Å². The summed E-state index contributed by atoms with van der Waals surface area (Å²) in [6, 6.07) is 12.7. The van der Waals surface area contributed by atoms with Crippen molar-refractivity contribution in [2.24, 2.45) is 0 Å². The lowest BCUT2D eigenvalue weighted by Gasteiger charge is -2.07. The predicted octanol–water partition coefficient (Wildman–Crippen LogP) is 2.86. The van der Waals surface area contributed by atoms with Crippen LogP contribution < -0.4 is 5.73 Å². The lowest BCUT2D eigenvalue weighted by Crippen LogP contribution is -2.00. The number of anilines is 1. The van der Waals surface area contributed by atoms with E-state index in [1.165, 1.54) is 0 Å². The number of nitrogens with two attached hydrogens (primary N) is 1. The van der Waals surface area contributed by atoms with Gasteiger partial charge in [-0.2, -0.15) is 5.10 Å². The zero-order chi connectivity index (χ0) is 14.4. The van der Waals surface area contributed by atoms with Gasteiger partial charge in [0.05, 0.1) is 11.7 Å². The van der Waals surface area contributed by atoms with Gasteiger partial charge in [0.15, 0.2) is 5.82 Å². The number of hydrogen-bond donors (Lipinski definition) is 2. The van der Waals surface area contributed by atoms with Crippen molar-refractivity contribution in [2.45, 2.75) is 0 Å². The normalized spacial score (nSPS) is 11.2. The summed E-state index contributed by atoms with van der Waals surface area (Å²) < 4.78 is 1.74. The van der Waals surface area contributed by atoms with Crippen molar-refractivity contribution < 1.29 is 5.11 Å². The molecule has 3 N–H and O–H groups in total. The molecule has 102 valence electrons. The molecule has 0 aliphatic heterocycles. The number of phenols is 1. The van der Waals surface area contributed by atoms with Crippen LogP contribution in [-0.2, 0) is 0 Å². The van der Waals surface area contributed by atoms with Crippen LogP contribution in [0.1, 0.15) is 0 Å². The summed E-state index contributed by atoms with van der Waals surface area (Å²) in [5.74, 6) is 0.872. The molecule has 0 bridgehead atoms.